The number of nitrogens with one attached hydrogen (secondary N) is 1. The number of amides is 1. The van der Waals surface area contributed by atoms with Gasteiger partial charge in [0.15, 0.2) is 0 Å². The van der Waals surface area contributed by atoms with Gasteiger partial charge in [0.05, 0.1) is 0 Å². The zero-order valence-corrected chi connectivity index (χ0v) is 6.00. The maximum absolute atomic E-state index is 9.94. The third-order valence-corrected chi connectivity index (χ3v) is 1.44. The number of carbonyl (C=O) groups is 1. The van der Waals surface area contributed by atoms with Crippen LogP contribution in [0.3, 0.4) is 0 Å². The van der Waals surface area contributed by atoms with Gasteiger partial charge in [0, 0.05) is 12.0 Å². The summed E-state index contributed by atoms with van der Waals surface area (Å²) in [5.41, 5.74) is 0. The molecule has 0 aromatic rings. The molecule has 2 N–H and O–H groups in total. The first-order chi connectivity index (χ1) is 5.29. The highest BCUT2D eigenvalue weighted by Gasteiger charge is 2.03. The van der Waals surface area contributed by atoms with E-state index in [4.69, 9.17) is 5.11 Å². The maximum atomic E-state index is 9.94. The van der Waals surface area contributed by atoms with Crippen LogP contribution in [0.1, 0.15) is 12.8 Å². The van der Waals surface area contributed by atoms with Gasteiger partial charge < -0.3 is 5.11 Å². The molecule has 1 atom stereocenters. The fraction of sp³-hybridized carbons (Fsp3) is 0.375. The smallest absolute Gasteiger partial charge is 0.416 e. The molecule has 0 saturated heterocycles. The Labute approximate surface area is 65.1 Å². The molecule has 58 valence electrons. The number of hydrogen-bond donors (Lipinski definition) is 2. The molecule has 0 aromatic carbocycles. The molecule has 0 radical (unpaired) electrons. The van der Waals surface area contributed by atoms with E-state index in [1.54, 1.807) is 0 Å². The molecule has 0 heterocycles. The quantitative estimate of drug-likeness (QED) is 0.310. The van der Waals surface area contributed by atoms with Gasteiger partial charge in [-0.1, -0.05) is 18.1 Å². The molecule has 1 amide bonds. The molecular weight excluding hydrogens is 142 g/mol. The molecule has 1 aliphatic rings. The molecule has 11 heavy (non-hydrogen) atoms. The number of carboxylic acid groups (broad SMARTS) is 1. The van der Waals surface area contributed by atoms with Gasteiger partial charge in [0.2, 0.25) is 0 Å². The summed E-state index contributed by atoms with van der Waals surface area (Å²) < 4.78 is 0. The first-order valence-electron chi connectivity index (χ1n) is 3.45. The Hall–Kier alpha value is -1.43. The highest BCUT2D eigenvalue weighted by atomic mass is 16.4. The summed E-state index contributed by atoms with van der Waals surface area (Å²) >= 11 is 0. The second kappa shape index (κ2) is 3.67. The van der Waals surface area contributed by atoms with E-state index in [-0.39, 0.29) is 5.92 Å². The first-order valence-corrected chi connectivity index (χ1v) is 3.45. The Morgan fingerprint density at radius 1 is 1.73 bits per heavy atom. The monoisotopic (exact) mass is 151 g/mol. The molecule has 0 aliphatic heterocycles. The molecule has 3 nitrogen and oxygen atoms in total. The Kier molecular flexibility index (Phi) is 2.56. The summed E-state index contributed by atoms with van der Waals surface area (Å²) in [5.74, 6) is 3.02. The molecule has 1 rings (SSSR count). The normalized spacial score (nSPS) is 20.5. The van der Waals surface area contributed by atoms with Crippen LogP contribution < -0.4 is 5.32 Å². The third-order valence-electron chi connectivity index (χ3n) is 1.44. The topological polar surface area (TPSA) is 49.3 Å². The fourth-order valence-corrected chi connectivity index (χ4v) is 0.935. The highest BCUT2D eigenvalue weighted by molar-refractivity contribution is 5.66. The minimum atomic E-state index is -1.10. The second-order valence-corrected chi connectivity index (χ2v) is 2.31. The van der Waals surface area contributed by atoms with Crippen LogP contribution in [0.4, 0.5) is 4.79 Å². The second-order valence-electron chi connectivity index (χ2n) is 2.31. The van der Waals surface area contributed by atoms with E-state index in [0.717, 1.165) is 12.8 Å². The molecule has 0 spiro atoms. The summed E-state index contributed by atoms with van der Waals surface area (Å²) in [4.78, 5) is 9.94. The van der Waals surface area contributed by atoms with Crippen molar-refractivity contribution in [1.82, 2.24) is 5.32 Å². The Bertz CT molecular complexity index is 234. The van der Waals surface area contributed by atoms with Crippen LogP contribution in [-0.4, -0.2) is 11.2 Å². The van der Waals surface area contributed by atoms with Gasteiger partial charge in [-0.15, -0.1) is 0 Å². The highest BCUT2D eigenvalue weighted by Crippen LogP contribution is 2.14. The third kappa shape index (κ3) is 2.76. The lowest BCUT2D eigenvalue weighted by atomic mass is 10.1. The van der Waals surface area contributed by atoms with E-state index < -0.39 is 6.09 Å². The molecule has 0 bridgehead atoms. The van der Waals surface area contributed by atoms with E-state index in [0.29, 0.717) is 0 Å². The van der Waals surface area contributed by atoms with Gasteiger partial charge in [0.25, 0.3) is 0 Å². The minimum absolute atomic E-state index is 0.238. The van der Waals surface area contributed by atoms with Crippen molar-refractivity contribution in [3.8, 4) is 12.0 Å². The predicted molar refractivity (Wildman–Crippen MR) is 40.8 cm³/mol. The van der Waals surface area contributed by atoms with Crippen molar-refractivity contribution in [2.45, 2.75) is 12.8 Å². The summed E-state index contributed by atoms with van der Waals surface area (Å²) in [7, 11) is 0. The van der Waals surface area contributed by atoms with Crippen LogP contribution >= 0.6 is 0 Å². The van der Waals surface area contributed by atoms with Crippen LogP contribution in [0.25, 0.3) is 0 Å². The lowest BCUT2D eigenvalue weighted by molar-refractivity contribution is 0.199. The van der Waals surface area contributed by atoms with Crippen molar-refractivity contribution >= 4 is 6.09 Å². The fourth-order valence-electron chi connectivity index (χ4n) is 0.935. The summed E-state index contributed by atoms with van der Waals surface area (Å²) in [6.07, 6.45) is 5.01. The Balaban J connectivity index is 2.31. The van der Waals surface area contributed by atoms with Gasteiger partial charge >= 0.3 is 6.09 Å². The van der Waals surface area contributed by atoms with Gasteiger partial charge in [-0.3, -0.25) is 0 Å². The Morgan fingerprint density at radius 3 is 3.09 bits per heavy atom. The minimum Gasteiger partial charge on any atom is -0.464 e. The summed E-state index contributed by atoms with van der Waals surface area (Å²) in [6.45, 7) is 0. The number of allylic oxidation sites excluding steroid dienone is 2. The van der Waals surface area contributed by atoms with Crippen LogP contribution in [0.2, 0.25) is 0 Å². The molecular formula is C8H9NO2. The van der Waals surface area contributed by atoms with Crippen LogP contribution in [0.15, 0.2) is 12.2 Å². The van der Waals surface area contributed by atoms with Crippen molar-refractivity contribution in [2.24, 2.45) is 5.92 Å². The van der Waals surface area contributed by atoms with E-state index in [9.17, 15) is 4.79 Å². The predicted octanol–water partition coefficient (Wildman–Crippen LogP) is 1.18. The standard InChI is InChI=1S/C8H9NO2/c10-8(11)9-6-5-7-3-1-2-4-7/h1,3,7,9H,2,4H2,(H,10,11). The largest absolute Gasteiger partial charge is 0.464 e. The molecule has 3 heteroatoms. The van der Waals surface area contributed by atoms with Crippen LogP contribution in [0, 0.1) is 17.9 Å². The van der Waals surface area contributed by atoms with Crippen molar-refractivity contribution < 1.29 is 9.90 Å². The van der Waals surface area contributed by atoms with Crippen molar-refractivity contribution in [3.63, 3.8) is 0 Å². The lowest BCUT2D eigenvalue weighted by Gasteiger charge is -1.92. The average molecular weight is 151 g/mol. The molecule has 1 aliphatic carbocycles. The summed E-state index contributed by atoms with van der Waals surface area (Å²) in [6, 6.07) is 2.38. The van der Waals surface area contributed by atoms with Crippen molar-refractivity contribution in [3.05, 3.63) is 12.2 Å². The maximum Gasteiger partial charge on any atom is 0.416 e. The van der Waals surface area contributed by atoms with Gasteiger partial charge in [-0.05, 0) is 12.8 Å². The molecule has 0 saturated carbocycles. The molecule has 1 unspecified atom stereocenters. The zero-order chi connectivity index (χ0) is 8.10. The van der Waals surface area contributed by atoms with Crippen LogP contribution in [0.5, 0.6) is 0 Å². The van der Waals surface area contributed by atoms with E-state index in [2.05, 4.69) is 18.0 Å². The SMILES string of the molecule is O=C(O)NC#CC1C=CCC1. The van der Waals surface area contributed by atoms with E-state index in [1.807, 2.05) is 11.4 Å². The lowest BCUT2D eigenvalue weighted by Crippen LogP contribution is -2.13. The van der Waals surface area contributed by atoms with Crippen molar-refractivity contribution in [2.75, 3.05) is 0 Å². The number of rotatable bonds is 0. The number of hydrogen-bond acceptors (Lipinski definition) is 1. The first kappa shape index (κ1) is 7.67. The molecule has 0 aromatic heterocycles. The van der Waals surface area contributed by atoms with Gasteiger partial charge in [-0.2, -0.15) is 0 Å². The Morgan fingerprint density at radius 2 is 2.55 bits per heavy atom. The van der Waals surface area contributed by atoms with Gasteiger partial charge in [-0.25, -0.2) is 10.1 Å². The van der Waals surface area contributed by atoms with Gasteiger partial charge in [0.1, 0.15) is 0 Å². The summed E-state index contributed by atoms with van der Waals surface area (Å²) in [5, 5.41) is 10.1. The van der Waals surface area contributed by atoms with Crippen LogP contribution in [-0.2, 0) is 0 Å². The van der Waals surface area contributed by atoms with E-state index in [1.165, 1.54) is 0 Å². The zero-order valence-electron chi connectivity index (χ0n) is 6.00. The molecule has 0 fully saturated rings. The van der Waals surface area contributed by atoms with Crippen molar-refractivity contribution in [1.29, 1.82) is 0 Å². The average Bonchev–Trinajstić information content (AvgIpc) is 2.39. The van der Waals surface area contributed by atoms with E-state index >= 15 is 0 Å².